The number of carbonyl (C=O) groups excluding carboxylic acids is 2. The van der Waals surface area contributed by atoms with Crippen LogP contribution < -0.4 is 0 Å². The number of thiazole rings is 1. The number of aromatic nitrogens is 3. The summed E-state index contributed by atoms with van der Waals surface area (Å²) in [7, 11) is 0. The van der Waals surface area contributed by atoms with Crippen molar-refractivity contribution in [1.82, 2.24) is 19.7 Å². The minimum atomic E-state index is -4.55. The van der Waals surface area contributed by atoms with Gasteiger partial charge in [0.05, 0.1) is 5.01 Å². The Kier molecular flexibility index (Phi) is 7.06. The Morgan fingerprint density at radius 3 is 2.66 bits per heavy atom. The van der Waals surface area contributed by atoms with Crippen molar-refractivity contribution in [2.75, 3.05) is 13.1 Å². The molecule has 1 aliphatic heterocycles. The molecule has 0 N–H and O–H groups in total. The molecule has 5 rings (SSSR count). The fourth-order valence-corrected chi connectivity index (χ4v) is 6.31. The Morgan fingerprint density at radius 2 is 1.95 bits per heavy atom. The zero-order valence-electron chi connectivity index (χ0n) is 21.3. The van der Waals surface area contributed by atoms with Crippen LogP contribution in [0.3, 0.4) is 0 Å². The van der Waals surface area contributed by atoms with Crippen molar-refractivity contribution in [3.63, 3.8) is 0 Å². The van der Waals surface area contributed by atoms with Gasteiger partial charge in [0.2, 0.25) is 5.91 Å². The molecule has 0 saturated carbocycles. The third kappa shape index (κ3) is 5.34. The number of benzene rings is 1. The monoisotopic (exact) mass is 546 g/mol. The first-order chi connectivity index (χ1) is 18.0. The topological polar surface area (TPSA) is 77.3 Å². The van der Waals surface area contributed by atoms with Crippen molar-refractivity contribution >= 4 is 23.2 Å². The maximum atomic E-state index is 13.0. The highest BCUT2D eigenvalue weighted by Crippen LogP contribution is 2.39. The molecule has 2 aromatic heterocycles. The van der Waals surface area contributed by atoms with Gasteiger partial charge in [-0.25, -0.2) is 9.78 Å². The third-order valence-electron chi connectivity index (χ3n) is 7.49. The Morgan fingerprint density at radius 1 is 1.21 bits per heavy atom. The van der Waals surface area contributed by atoms with E-state index in [0.29, 0.717) is 31.6 Å². The van der Waals surface area contributed by atoms with Crippen LogP contribution in [-0.4, -0.2) is 44.6 Å². The fourth-order valence-electron chi connectivity index (χ4n) is 5.35. The molecular formula is C27H29F3N4O3S. The van der Waals surface area contributed by atoms with Gasteiger partial charge >= 0.3 is 12.1 Å². The van der Waals surface area contributed by atoms with E-state index in [4.69, 9.17) is 4.74 Å². The van der Waals surface area contributed by atoms with E-state index in [0.717, 1.165) is 40.6 Å². The van der Waals surface area contributed by atoms with Crippen LogP contribution in [0.25, 0.3) is 0 Å². The predicted molar refractivity (Wildman–Crippen MR) is 135 cm³/mol. The van der Waals surface area contributed by atoms with E-state index in [2.05, 4.69) is 16.1 Å². The van der Waals surface area contributed by atoms with E-state index in [1.165, 1.54) is 23.8 Å². The molecule has 1 atom stereocenters. The molecule has 1 aliphatic carbocycles. The van der Waals surface area contributed by atoms with Gasteiger partial charge in [-0.1, -0.05) is 24.3 Å². The van der Waals surface area contributed by atoms with Gasteiger partial charge in [-0.15, -0.1) is 11.3 Å². The molecule has 1 fully saturated rings. The molecular weight excluding hydrogens is 517 g/mol. The number of alkyl halides is 3. The zero-order valence-corrected chi connectivity index (χ0v) is 22.1. The second-order valence-electron chi connectivity index (χ2n) is 10.2. The van der Waals surface area contributed by atoms with Crippen LogP contribution in [0.2, 0.25) is 0 Å². The number of aryl methyl sites for hydroxylation is 2. The largest absolute Gasteiger partial charge is 0.450 e. The van der Waals surface area contributed by atoms with Crippen LogP contribution in [0.15, 0.2) is 35.7 Å². The number of likely N-dealkylation sites (tertiary alicyclic amines) is 1. The van der Waals surface area contributed by atoms with Crippen LogP contribution in [0, 0.1) is 6.92 Å². The number of hydrogen-bond donors (Lipinski definition) is 0. The number of fused-ring (bicyclic) bond motifs is 1. The molecule has 2 aliphatic rings. The summed E-state index contributed by atoms with van der Waals surface area (Å²) in [5, 5.41) is 6.11. The van der Waals surface area contributed by atoms with Crippen molar-refractivity contribution in [3.05, 3.63) is 68.9 Å². The summed E-state index contributed by atoms with van der Waals surface area (Å²) in [6.45, 7) is 4.15. The Hall–Kier alpha value is -3.21. The van der Waals surface area contributed by atoms with Gasteiger partial charge in [-0.05, 0) is 63.1 Å². The van der Waals surface area contributed by atoms with Gasteiger partial charge in [0.25, 0.3) is 0 Å². The molecule has 1 unspecified atom stereocenters. The molecule has 11 heteroatoms. The number of nitrogens with zero attached hydrogens (tertiary/aromatic N) is 4. The minimum Gasteiger partial charge on any atom is -0.450 e. The number of halogens is 3. The Labute approximate surface area is 222 Å². The van der Waals surface area contributed by atoms with Crippen molar-refractivity contribution in [2.45, 2.75) is 70.2 Å². The van der Waals surface area contributed by atoms with Gasteiger partial charge in [-0.3, -0.25) is 9.48 Å². The number of piperidine rings is 1. The summed E-state index contributed by atoms with van der Waals surface area (Å²) in [5.74, 6) is -0.611. The van der Waals surface area contributed by atoms with Gasteiger partial charge in [0.15, 0.2) is 11.4 Å². The SMILES string of the molecule is Cc1cc(C(F)(F)F)nn1CC(=O)N1CCC(c2nc(C(=O)OC3(C)CCCc4ccccc43)cs2)CC1. The molecule has 0 bridgehead atoms. The molecule has 1 aromatic carbocycles. The van der Waals surface area contributed by atoms with Crippen LogP contribution in [-0.2, 0) is 34.3 Å². The highest BCUT2D eigenvalue weighted by molar-refractivity contribution is 7.09. The lowest BCUT2D eigenvalue weighted by atomic mass is 9.80. The van der Waals surface area contributed by atoms with Gasteiger partial charge in [0.1, 0.15) is 12.1 Å². The maximum Gasteiger partial charge on any atom is 0.435 e. The normalized spacial score (nSPS) is 20.3. The molecule has 3 aromatic rings. The average molecular weight is 547 g/mol. The summed E-state index contributed by atoms with van der Waals surface area (Å²) < 4.78 is 45.9. The summed E-state index contributed by atoms with van der Waals surface area (Å²) in [4.78, 5) is 32.0. The lowest BCUT2D eigenvalue weighted by Gasteiger charge is -2.35. The molecule has 38 heavy (non-hydrogen) atoms. The van der Waals surface area contributed by atoms with Crippen LogP contribution in [0.1, 0.15) is 76.5 Å². The lowest BCUT2D eigenvalue weighted by molar-refractivity contribution is -0.142. The standard InChI is InChI=1S/C27H29F3N4O3S/c1-17-14-22(27(28,29)30)32-34(17)15-23(35)33-12-9-19(10-13-33)24-31-21(16-38-24)25(36)37-26(2)11-5-7-18-6-3-4-8-20(18)26/h3-4,6,8,14,16,19H,5,7,9-13,15H2,1-2H3. The smallest absolute Gasteiger partial charge is 0.435 e. The van der Waals surface area contributed by atoms with Crippen molar-refractivity contribution in [2.24, 2.45) is 0 Å². The summed E-state index contributed by atoms with van der Waals surface area (Å²) in [5.41, 5.74) is 1.15. The Bertz CT molecular complexity index is 1340. The molecule has 3 heterocycles. The number of esters is 1. The first-order valence-corrected chi connectivity index (χ1v) is 13.6. The molecule has 0 spiro atoms. The van der Waals surface area contributed by atoms with E-state index in [9.17, 15) is 22.8 Å². The highest BCUT2D eigenvalue weighted by Gasteiger charge is 2.37. The van der Waals surface area contributed by atoms with Gasteiger partial charge < -0.3 is 9.64 Å². The van der Waals surface area contributed by atoms with Crippen molar-refractivity contribution < 1.29 is 27.5 Å². The van der Waals surface area contributed by atoms with E-state index in [1.54, 1.807) is 10.3 Å². The second kappa shape index (κ2) is 10.2. The number of ether oxygens (including phenoxy) is 1. The number of amides is 1. The minimum absolute atomic E-state index is 0.0971. The van der Waals surface area contributed by atoms with E-state index in [1.807, 2.05) is 25.1 Å². The molecule has 1 amide bonds. The number of carbonyl (C=O) groups is 2. The van der Waals surface area contributed by atoms with Crippen LogP contribution >= 0.6 is 11.3 Å². The quantitative estimate of drug-likeness (QED) is 0.396. The summed E-state index contributed by atoms with van der Waals surface area (Å²) in [6, 6.07) is 9.00. The first-order valence-electron chi connectivity index (χ1n) is 12.7. The predicted octanol–water partition coefficient (Wildman–Crippen LogP) is 5.48. The molecule has 0 radical (unpaired) electrons. The second-order valence-corrected chi connectivity index (χ2v) is 11.1. The molecule has 202 valence electrons. The highest BCUT2D eigenvalue weighted by atomic mass is 32.1. The van der Waals surface area contributed by atoms with Crippen LogP contribution in [0.5, 0.6) is 0 Å². The molecule has 7 nitrogen and oxygen atoms in total. The lowest BCUT2D eigenvalue weighted by Crippen LogP contribution is -2.40. The van der Waals surface area contributed by atoms with Crippen molar-refractivity contribution in [3.8, 4) is 0 Å². The zero-order chi connectivity index (χ0) is 27.1. The van der Waals surface area contributed by atoms with Gasteiger partial charge in [0, 0.05) is 30.1 Å². The fraction of sp³-hybridized carbons (Fsp3) is 0.481. The van der Waals surface area contributed by atoms with E-state index in [-0.39, 0.29) is 24.1 Å². The summed E-state index contributed by atoms with van der Waals surface area (Å²) >= 11 is 1.41. The number of rotatable bonds is 5. The van der Waals surface area contributed by atoms with Crippen molar-refractivity contribution in [1.29, 1.82) is 0 Å². The van der Waals surface area contributed by atoms with E-state index >= 15 is 0 Å². The average Bonchev–Trinajstić information content (AvgIpc) is 3.52. The molecule has 1 saturated heterocycles. The summed E-state index contributed by atoms with van der Waals surface area (Å²) in [6.07, 6.45) is -0.551. The third-order valence-corrected chi connectivity index (χ3v) is 8.50. The maximum absolute atomic E-state index is 13.0. The Balaban J connectivity index is 1.17. The first kappa shape index (κ1) is 26.4. The van der Waals surface area contributed by atoms with E-state index < -0.39 is 23.4 Å². The van der Waals surface area contributed by atoms with Gasteiger partial charge in [-0.2, -0.15) is 18.3 Å². The number of hydrogen-bond acceptors (Lipinski definition) is 6. The van der Waals surface area contributed by atoms with Crippen LogP contribution in [0.4, 0.5) is 13.2 Å².